The van der Waals surface area contributed by atoms with Crippen molar-refractivity contribution in [1.82, 2.24) is 29.9 Å². The van der Waals surface area contributed by atoms with E-state index in [4.69, 9.17) is 0 Å². The molecular formula is C23H28FN7O. The second kappa shape index (κ2) is 7.21. The van der Waals surface area contributed by atoms with Crippen LogP contribution in [0.4, 0.5) is 10.2 Å². The van der Waals surface area contributed by atoms with Crippen molar-refractivity contribution in [3.05, 3.63) is 30.7 Å². The molecular weight excluding hydrogens is 409 g/mol. The van der Waals surface area contributed by atoms with Crippen LogP contribution in [0.1, 0.15) is 39.5 Å². The number of aromatic hydroxyl groups is 1. The van der Waals surface area contributed by atoms with Gasteiger partial charge in [0.05, 0.1) is 17.8 Å². The number of alkyl halides is 1. The first-order chi connectivity index (χ1) is 15.2. The van der Waals surface area contributed by atoms with Gasteiger partial charge in [0.25, 0.3) is 0 Å². The number of phenolic OH excluding ortho intramolecular Hbond substituents is 1. The minimum absolute atomic E-state index is 0.0198. The van der Waals surface area contributed by atoms with Gasteiger partial charge in [-0.25, -0.2) is 14.4 Å². The van der Waals surface area contributed by atoms with E-state index in [1.54, 1.807) is 42.5 Å². The summed E-state index contributed by atoms with van der Waals surface area (Å²) in [5.74, 6) is 1.38. The largest absolute Gasteiger partial charge is 0.507 e. The molecule has 2 bridgehead atoms. The van der Waals surface area contributed by atoms with E-state index in [9.17, 15) is 5.11 Å². The highest BCUT2D eigenvalue weighted by Crippen LogP contribution is 2.59. The smallest absolute Gasteiger partial charge is 0.185 e. The fourth-order valence-corrected chi connectivity index (χ4v) is 5.61. The fraction of sp³-hybridized carbons (Fsp3) is 0.522. The number of halogens is 1. The van der Waals surface area contributed by atoms with E-state index >= 15 is 4.39 Å². The number of anilines is 1. The molecule has 0 spiro atoms. The topological polar surface area (TPSA) is 92.9 Å². The van der Waals surface area contributed by atoms with Gasteiger partial charge in [-0.1, -0.05) is 19.9 Å². The molecule has 168 valence electrons. The standard InChI is InChI=1S/C23H28FN7O/c1-22-7-8-23(2,12-22)19(24)16(10-22)31(4)18-11-25-21(28-27-18)15-6-5-14(9-17(15)32)20-26-13-30(3)29-20/h5-6,9,11,13,16,19,32H,7-8,10,12H2,1-4H3/t16-,19-,22-,23-/m0/s1. The van der Waals surface area contributed by atoms with Crippen LogP contribution in [-0.2, 0) is 7.05 Å². The van der Waals surface area contributed by atoms with E-state index in [1.807, 2.05) is 11.9 Å². The van der Waals surface area contributed by atoms with E-state index in [0.29, 0.717) is 28.6 Å². The number of aryl methyl sites for hydroxylation is 1. The zero-order valence-electron chi connectivity index (χ0n) is 18.8. The van der Waals surface area contributed by atoms with E-state index < -0.39 is 6.17 Å². The second-order valence-electron chi connectivity index (χ2n) is 10.0. The molecule has 3 aromatic rings. The monoisotopic (exact) mass is 437 g/mol. The van der Waals surface area contributed by atoms with Crippen LogP contribution in [0.15, 0.2) is 30.7 Å². The van der Waals surface area contributed by atoms with Crippen molar-refractivity contribution in [1.29, 1.82) is 0 Å². The summed E-state index contributed by atoms with van der Waals surface area (Å²) in [6.07, 6.45) is 6.03. The molecule has 2 fully saturated rings. The second-order valence-corrected chi connectivity index (χ2v) is 10.0. The molecule has 2 aliphatic rings. The third-order valence-corrected chi connectivity index (χ3v) is 7.34. The Morgan fingerprint density at radius 1 is 1.16 bits per heavy atom. The lowest BCUT2D eigenvalue weighted by molar-refractivity contribution is 0.0380. The Kier molecular flexibility index (Phi) is 4.69. The van der Waals surface area contributed by atoms with E-state index in [-0.39, 0.29) is 22.6 Å². The van der Waals surface area contributed by atoms with Gasteiger partial charge in [0.15, 0.2) is 17.5 Å². The molecule has 0 amide bonds. The SMILES string of the molecule is CN(c1cnc(-c2ccc(-c3ncn(C)n3)cc2O)nn1)[C@H]1C[C@]2(C)CC[C@@](C)(C2)[C@H]1F. The summed E-state index contributed by atoms with van der Waals surface area (Å²) in [5.41, 5.74) is 1.06. The molecule has 2 aliphatic carbocycles. The third-order valence-electron chi connectivity index (χ3n) is 7.34. The minimum Gasteiger partial charge on any atom is -0.507 e. The highest BCUT2D eigenvalue weighted by atomic mass is 19.1. The molecule has 1 N–H and O–H groups in total. The maximum Gasteiger partial charge on any atom is 0.185 e. The molecule has 2 saturated carbocycles. The maximum absolute atomic E-state index is 15.5. The zero-order chi connectivity index (χ0) is 22.7. The number of fused-ring (bicyclic) bond motifs is 2. The minimum atomic E-state index is -0.915. The first-order valence-electron chi connectivity index (χ1n) is 10.9. The summed E-state index contributed by atoms with van der Waals surface area (Å²) in [4.78, 5) is 10.5. The van der Waals surface area contributed by atoms with Crippen LogP contribution in [0.2, 0.25) is 0 Å². The Balaban J connectivity index is 1.37. The van der Waals surface area contributed by atoms with E-state index in [2.05, 4.69) is 39.1 Å². The van der Waals surface area contributed by atoms with Gasteiger partial charge >= 0.3 is 0 Å². The summed E-state index contributed by atoms with van der Waals surface area (Å²) in [6, 6.07) is 4.86. The number of hydrogen-bond acceptors (Lipinski definition) is 7. The molecule has 2 aromatic heterocycles. The Labute approximate surface area is 186 Å². The fourth-order valence-electron chi connectivity index (χ4n) is 5.61. The first-order valence-corrected chi connectivity index (χ1v) is 10.9. The molecule has 0 radical (unpaired) electrons. The summed E-state index contributed by atoms with van der Waals surface area (Å²) in [7, 11) is 3.65. The van der Waals surface area contributed by atoms with Crippen LogP contribution in [0, 0.1) is 10.8 Å². The molecule has 4 atom stereocenters. The van der Waals surface area contributed by atoms with Crippen LogP contribution < -0.4 is 4.90 Å². The van der Waals surface area contributed by atoms with Crippen LogP contribution >= 0.6 is 0 Å². The quantitative estimate of drug-likeness (QED) is 0.664. The number of aromatic nitrogens is 6. The van der Waals surface area contributed by atoms with E-state index in [1.165, 1.54) is 0 Å². The number of benzene rings is 1. The third kappa shape index (κ3) is 3.40. The van der Waals surface area contributed by atoms with Crippen molar-refractivity contribution in [3.8, 4) is 28.5 Å². The van der Waals surface area contributed by atoms with Crippen molar-refractivity contribution < 1.29 is 9.50 Å². The number of phenols is 1. The predicted octanol–water partition coefficient (Wildman–Crippen LogP) is 3.78. The van der Waals surface area contributed by atoms with Crippen LogP contribution in [-0.4, -0.2) is 54.3 Å². The van der Waals surface area contributed by atoms with Crippen molar-refractivity contribution in [2.75, 3.05) is 11.9 Å². The molecule has 0 unspecified atom stereocenters. The van der Waals surface area contributed by atoms with Crippen molar-refractivity contribution >= 4 is 5.82 Å². The molecule has 5 rings (SSSR count). The van der Waals surface area contributed by atoms with Gasteiger partial charge in [-0.05, 0) is 43.2 Å². The Morgan fingerprint density at radius 3 is 2.62 bits per heavy atom. The predicted molar refractivity (Wildman–Crippen MR) is 119 cm³/mol. The van der Waals surface area contributed by atoms with Gasteiger partial charge in [-0.3, -0.25) is 4.68 Å². The first kappa shape index (κ1) is 20.8. The van der Waals surface area contributed by atoms with Crippen molar-refractivity contribution in [3.63, 3.8) is 0 Å². The van der Waals surface area contributed by atoms with Gasteiger partial charge < -0.3 is 10.0 Å². The molecule has 9 heteroatoms. The lowest BCUT2D eigenvalue weighted by atomic mass is 9.67. The van der Waals surface area contributed by atoms with Gasteiger partial charge in [0.2, 0.25) is 0 Å². The Morgan fingerprint density at radius 2 is 1.97 bits per heavy atom. The average Bonchev–Trinajstić information content (AvgIpc) is 3.32. The maximum atomic E-state index is 15.5. The number of rotatable bonds is 4. The molecule has 8 nitrogen and oxygen atoms in total. The zero-order valence-corrected chi connectivity index (χ0v) is 18.8. The van der Waals surface area contributed by atoms with Crippen LogP contribution in [0.3, 0.4) is 0 Å². The van der Waals surface area contributed by atoms with Crippen LogP contribution in [0.5, 0.6) is 5.75 Å². The molecule has 1 aromatic carbocycles. The van der Waals surface area contributed by atoms with Gasteiger partial charge in [0, 0.05) is 25.1 Å². The lowest BCUT2D eigenvalue weighted by Crippen LogP contribution is -2.52. The molecule has 0 saturated heterocycles. The summed E-state index contributed by atoms with van der Waals surface area (Å²) in [6.45, 7) is 4.34. The van der Waals surface area contributed by atoms with Crippen LogP contribution in [0.25, 0.3) is 22.8 Å². The molecule has 2 heterocycles. The van der Waals surface area contributed by atoms with E-state index in [0.717, 1.165) is 25.7 Å². The number of hydrogen-bond donors (Lipinski definition) is 1. The Hall–Kier alpha value is -3.10. The van der Waals surface area contributed by atoms with Crippen molar-refractivity contribution in [2.24, 2.45) is 17.9 Å². The average molecular weight is 438 g/mol. The normalized spacial score (nSPS) is 29.3. The highest BCUT2D eigenvalue weighted by Gasteiger charge is 2.56. The summed E-state index contributed by atoms with van der Waals surface area (Å²) >= 11 is 0. The van der Waals surface area contributed by atoms with Crippen molar-refractivity contribution in [2.45, 2.75) is 51.7 Å². The van der Waals surface area contributed by atoms with Gasteiger partial charge in [-0.15, -0.1) is 10.2 Å². The van der Waals surface area contributed by atoms with Gasteiger partial charge in [-0.2, -0.15) is 5.10 Å². The Bertz CT molecular complexity index is 1150. The molecule has 32 heavy (non-hydrogen) atoms. The number of nitrogens with zero attached hydrogens (tertiary/aromatic N) is 7. The summed E-state index contributed by atoms with van der Waals surface area (Å²) < 4.78 is 17.1. The van der Waals surface area contributed by atoms with Gasteiger partial charge in [0.1, 0.15) is 18.2 Å². The summed E-state index contributed by atoms with van der Waals surface area (Å²) in [5, 5.41) is 23.3. The molecule has 0 aliphatic heterocycles. The highest BCUT2D eigenvalue weighted by molar-refractivity contribution is 5.70. The lowest BCUT2D eigenvalue weighted by Gasteiger charge is -2.46.